The first-order valence-corrected chi connectivity index (χ1v) is 10.4. The Morgan fingerprint density at radius 3 is 2.18 bits per heavy atom. The van der Waals surface area contributed by atoms with Crippen LogP contribution in [-0.4, -0.2) is 49.4 Å². The van der Waals surface area contributed by atoms with Gasteiger partial charge in [-0.25, -0.2) is 9.59 Å². The summed E-state index contributed by atoms with van der Waals surface area (Å²) in [6, 6.07) is 9.41. The second-order valence-electron chi connectivity index (χ2n) is 6.51. The van der Waals surface area contributed by atoms with Crippen molar-refractivity contribution in [2.45, 2.75) is 11.1 Å². The van der Waals surface area contributed by atoms with E-state index in [1.807, 2.05) is 12.3 Å². The highest BCUT2D eigenvalue weighted by molar-refractivity contribution is 7.98. The third-order valence-corrected chi connectivity index (χ3v) is 5.30. The fraction of sp³-hybridized carbons (Fsp3) is 0.182. The summed E-state index contributed by atoms with van der Waals surface area (Å²) in [6.07, 6.45) is -2.64. The zero-order valence-corrected chi connectivity index (χ0v) is 18.3. The highest BCUT2D eigenvalue weighted by Crippen LogP contribution is 2.36. The first-order chi connectivity index (χ1) is 15.6. The van der Waals surface area contributed by atoms with Gasteiger partial charge in [-0.15, -0.1) is 11.8 Å². The van der Waals surface area contributed by atoms with Gasteiger partial charge in [0, 0.05) is 27.4 Å². The zero-order chi connectivity index (χ0) is 24.3. The molecule has 0 aliphatic heterocycles. The summed E-state index contributed by atoms with van der Waals surface area (Å²) >= 11 is 1.43. The maximum Gasteiger partial charge on any atom is 0.491 e. The minimum absolute atomic E-state index is 0.00741. The van der Waals surface area contributed by atoms with Gasteiger partial charge in [-0.3, -0.25) is 9.78 Å². The molecular weight excluding hydrogens is 463 g/mol. The van der Waals surface area contributed by atoms with Gasteiger partial charge < -0.3 is 14.2 Å². The topological polar surface area (TPSA) is 91.8 Å². The van der Waals surface area contributed by atoms with Gasteiger partial charge in [-0.05, 0) is 30.5 Å². The second-order valence-corrected chi connectivity index (χ2v) is 7.39. The van der Waals surface area contributed by atoms with Crippen LogP contribution in [0.5, 0.6) is 11.5 Å². The van der Waals surface area contributed by atoms with E-state index in [1.54, 1.807) is 18.2 Å². The highest BCUT2D eigenvalue weighted by atomic mass is 32.2. The summed E-state index contributed by atoms with van der Waals surface area (Å²) in [5.41, 5.74) is -0.228. The van der Waals surface area contributed by atoms with E-state index < -0.39 is 29.5 Å². The number of halogens is 3. The number of rotatable bonds is 6. The minimum atomic E-state index is -5.36. The molecule has 0 amide bonds. The molecule has 1 aromatic heterocycles. The SMILES string of the molecule is COc1cc2c(C(=O)OC(=O)C(F)(F)F)cnc(C(=O)c3cccc(SC)c3)c2cc1OC. The fourth-order valence-corrected chi connectivity index (χ4v) is 3.47. The molecule has 0 aliphatic rings. The van der Waals surface area contributed by atoms with Crippen molar-refractivity contribution in [3.63, 3.8) is 0 Å². The Kier molecular flexibility index (Phi) is 6.92. The van der Waals surface area contributed by atoms with E-state index in [0.29, 0.717) is 5.56 Å². The largest absolute Gasteiger partial charge is 0.493 e. The predicted molar refractivity (Wildman–Crippen MR) is 113 cm³/mol. The number of fused-ring (bicyclic) bond motifs is 1. The monoisotopic (exact) mass is 479 g/mol. The highest BCUT2D eigenvalue weighted by Gasteiger charge is 2.43. The Morgan fingerprint density at radius 2 is 1.61 bits per heavy atom. The average Bonchev–Trinajstić information content (AvgIpc) is 2.81. The van der Waals surface area contributed by atoms with Crippen molar-refractivity contribution < 1.29 is 41.8 Å². The molecule has 3 aromatic rings. The molecule has 11 heteroatoms. The van der Waals surface area contributed by atoms with Crippen molar-refractivity contribution in [2.24, 2.45) is 0 Å². The molecule has 0 atom stereocenters. The number of methoxy groups -OCH3 is 2. The number of ketones is 1. The van der Waals surface area contributed by atoms with Gasteiger partial charge in [-0.2, -0.15) is 13.2 Å². The first kappa shape index (κ1) is 24.1. The number of alkyl halides is 3. The van der Waals surface area contributed by atoms with Crippen LogP contribution in [0.25, 0.3) is 10.8 Å². The number of esters is 2. The number of thioether (sulfide) groups is 1. The minimum Gasteiger partial charge on any atom is -0.493 e. The lowest BCUT2D eigenvalue weighted by Gasteiger charge is -2.14. The molecular formula is C22H16F3NO6S. The van der Waals surface area contributed by atoms with E-state index >= 15 is 0 Å². The van der Waals surface area contributed by atoms with E-state index in [1.165, 1.54) is 38.1 Å². The number of benzene rings is 2. The number of nitrogens with zero attached hydrogens (tertiary/aromatic N) is 1. The van der Waals surface area contributed by atoms with Gasteiger partial charge in [0.2, 0.25) is 5.78 Å². The Labute approximate surface area is 189 Å². The number of ether oxygens (including phenoxy) is 3. The van der Waals surface area contributed by atoms with Gasteiger partial charge in [0.1, 0.15) is 5.69 Å². The molecule has 0 fully saturated rings. The smallest absolute Gasteiger partial charge is 0.491 e. The molecule has 0 spiro atoms. The van der Waals surface area contributed by atoms with Gasteiger partial charge in [-0.1, -0.05) is 12.1 Å². The Balaban J connectivity index is 2.20. The van der Waals surface area contributed by atoms with Crippen LogP contribution in [0.1, 0.15) is 26.4 Å². The van der Waals surface area contributed by atoms with Crippen LogP contribution in [0.2, 0.25) is 0 Å². The molecule has 3 rings (SSSR count). The van der Waals surface area contributed by atoms with Crippen LogP contribution < -0.4 is 9.47 Å². The third-order valence-electron chi connectivity index (χ3n) is 4.58. The zero-order valence-electron chi connectivity index (χ0n) is 17.5. The van der Waals surface area contributed by atoms with Crippen LogP contribution >= 0.6 is 11.8 Å². The lowest BCUT2D eigenvalue weighted by atomic mass is 9.99. The molecule has 0 saturated heterocycles. The third kappa shape index (κ3) is 4.92. The van der Waals surface area contributed by atoms with Gasteiger partial charge in [0.25, 0.3) is 0 Å². The number of carbonyl (C=O) groups excluding carboxylic acids is 3. The Morgan fingerprint density at radius 1 is 0.970 bits per heavy atom. The van der Waals surface area contributed by atoms with E-state index in [0.717, 1.165) is 11.1 Å². The van der Waals surface area contributed by atoms with Gasteiger partial charge >= 0.3 is 18.1 Å². The van der Waals surface area contributed by atoms with E-state index in [2.05, 4.69) is 9.72 Å². The molecule has 0 radical (unpaired) electrons. The van der Waals surface area contributed by atoms with E-state index in [9.17, 15) is 27.6 Å². The van der Waals surface area contributed by atoms with Gasteiger partial charge in [0.05, 0.1) is 19.8 Å². The standard InChI is InChI=1S/C22H16F3NO6S/c1-30-16-8-13-14(9-17(16)31-2)18(19(27)11-5-4-6-12(7-11)33-3)26-10-15(13)20(28)32-21(29)22(23,24)25/h4-10H,1-3H3. The summed E-state index contributed by atoms with van der Waals surface area (Å²) in [4.78, 5) is 41.6. The van der Waals surface area contributed by atoms with Crippen LogP contribution in [-0.2, 0) is 9.53 Å². The molecule has 0 aliphatic carbocycles. The first-order valence-electron chi connectivity index (χ1n) is 9.17. The van der Waals surface area contributed by atoms with Crippen molar-refractivity contribution in [3.05, 3.63) is 59.4 Å². The number of hydrogen-bond donors (Lipinski definition) is 0. The predicted octanol–water partition coefficient (Wildman–Crippen LogP) is 4.45. The maximum absolute atomic E-state index is 13.2. The molecule has 0 saturated carbocycles. The molecule has 0 unspecified atom stereocenters. The fourth-order valence-electron chi connectivity index (χ4n) is 3.01. The van der Waals surface area contributed by atoms with Crippen molar-refractivity contribution in [1.29, 1.82) is 0 Å². The average molecular weight is 479 g/mol. The second kappa shape index (κ2) is 9.49. The maximum atomic E-state index is 13.2. The Hall–Kier alpha value is -3.60. The van der Waals surface area contributed by atoms with Crippen LogP contribution in [0, 0.1) is 0 Å². The van der Waals surface area contributed by atoms with E-state index in [-0.39, 0.29) is 28.0 Å². The molecule has 1 heterocycles. The molecule has 0 N–H and O–H groups in total. The molecule has 2 aromatic carbocycles. The van der Waals surface area contributed by atoms with Gasteiger partial charge in [0.15, 0.2) is 11.5 Å². The Bertz CT molecular complexity index is 1260. The molecule has 33 heavy (non-hydrogen) atoms. The number of aromatic nitrogens is 1. The lowest BCUT2D eigenvalue weighted by Crippen LogP contribution is -2.28. The summed E-state index contributed by atoms with van der Waals surface area (Å²) in [7, 11) is 2.66. The molecule has 7 nitrogen and oxygen atoms in total. The number of pyridine rings is 1. The van der Waals surface area contributed by atoms with Crippen molar-refractivity contribution in [3.8, 4) is 11.5 Å². The summed E-state index contributed by atoms with van der Waals surface area (Å²) in [6.45, 7) is 0. The lowest BCUT2D eigenvalue weighted by molar-refractivity contribution is -0.193. The van der Waals surface area contributed by atoms with Crippen LogP contribution in [0.3, 0.4) is 0 Å². The number of hydrogen-bond acceptors (Lipinski definition) is 8. The summed E-state index contributed by atoms with van der Waals surface area (Å²) in [5.74, 6) is -4.42. The quantitative estimate of drug-likeness (QED) is 0.222. The summed E-state index contributed by atoms with van der Waals surface area (Å²) < 4.78 is 52.0. The van der Waals surface area contributed by atoms with Crippen molar-refractivity contribution in [2.75, 3.05) is 20.5 Å². The summed E-state index contributed by atoms with van der Waals surface area (Å²) in [5, 5.41) is 0.0908. The molecule has 172 valence electrons. The van der Waals surface area contributed by atoms with Crippen LogP contribution in [0.15, 0.2) is 47.5 Å². The number of carbonyl (C=O) groups is 3. The van der Waals surface area contributed by atoms with Crippen LogP contribution in [0.4, 0.5) is 13.2 Å². The van der Waals surface area contributed by atoms with E-state index in [4.69, 9.17) is 9.47 Å². The molecule has 0 bridgehead atoms. The normalized spacial score (nSPS) is 11.2. The van der Waals surface area contributed by atoms with Crippen molar-refractivity contribution in [1.82, 2.24) is 4.98 Å². The van der Waals surface area contributed by atoms with Crippen molar-refractivity contribution >= 4 is 40.3 Å².